The van der Waals surface area contributed by atoms with Crippen LogP contribution in [-0.4, -0.2) is 31.1 Å². The molecule has 3 rings (SSSR count). The molecule has 0 spiro atoms. The molecule has 1 aromatic rings. The zero-order valence-electron chi connectivity index (χ0n) is 10.9. The Bertz CT molecular complexity index is 416. The van der Waals surface area contributed by atoms with Crippen molar-refractivity contribution in [2.45, 2.75) is 24.9 Å². The molecule has 18 heavy (non-hydrogen) atoms. The maximum Gasteiger partial charge on any atom is 0.139 e. The van der Waals surface area contributed by atoms with E-state index in [0.717, 1.165) is 13.2 Å². The van der Waals surface area contributed by atoms with Crippen LogP contribution in [0.1, 0.15) is 24.8 Å². The monoisotopic (exact) mass is 243 g/mol. The van der Waals surface area contributed by atoms with Crippen molar-refractivity contribution < 1.29 is 4.74 Å². The summed E-state index contributed by atoms with van der Waals surface area (Å²) in [4.78, 5) is 2.51. The number of ether oxygens (including phenoxy) is 1. The Kier molecular flexibility index (Phi) is 3.23. The van der Waals surface area contributed by atoms with Crippen LogP contribution in [0.5, 0.6) is 0 Å². The van der Waals surface area contributed by atoms with Crippen LogP contribution in [0.4, 0.5) is 0 Å². The molecule has 2 aliphatic rings. The van der Waals surface area contributed by atoms with Crippen LogP contribution >= 0.6 is 0 Å². The molecule has 1 atom stereocenters. The molecular formula is C16H21NO. The Morgan fingerprint density at radius 1 is 1.17 bits per heavy atom. The molecule has 0 radical (unpaired) electrons. The maximum atomic E-state index is 5.76. The largest absolute Gasteiger partial charge is 0.360 e. The molecule has 1 aromatic carbocycles. The Balaban J connectivity index is 1.68. The molecule has 2 aliphatic heterocycles. The van der Waals surface area contributed by atoms with E-state index >= 15 is 0 Å². The highest BCUT2D eigenvalue weighted by molar-refractivity contribution is 5.37. The average Bonchev–Trinajstić information content (AvgIpc) is 3.22. The van der Waals surface area contributed by atoms with E-state index in [2.05, 4.69) is 35.7 Å². The molecule has 0 N–H and O–H groups in total. The smallest absolute Gasteiger partial charge is 0.139 e. The van der Waals surface area contributed by atoms with E-state index in [0.29, 0.717) is 0 Å². The van der Waals surface area contributed by atoms with Crippen molar-refractivity contribution in [2.24, 2.45) is 0 Å². The second-order valence-corrected chi connectivity index (χ2v) is 5.42. The third-order valence-electron chi connectivity index (χ3n) is 4.11. The minimum Gasteiger partial charge on any atom is -0.360 e. The molecule has 2 fully saturated rings. The number of hydrogen-bond acceptors (Lipinski definition) is 2. The van der Waals surface area contributed by atoms with Gasteiger partial charge in [0.15, 0.2) is 0 Å². The van der Waals surface area contributed by atoms with Gasteiger partial charge in [0.25, 0.3) is 0 Å². The predicted octanol–water partition coefficient (Wildman–Crippen LogP) is 2.95. The molecule has 0 saturated carbocycles. The summed E-state index contributed by atoms with van der Waals surface area (Å²) < 4.78 is 5.76. The van der Waals surface area contributed by atoms with Crippen LogP contribution in [0.2, 0.25) is 0 Å². The van der Waals surface area contributed by atoms with Gasteiger partial charge in [-0.2, -0.15) is 0 Å². The molecule has 0 amide bonds. The first-order valence-corrected chi connectivity index (χ1v) is 6.91. The second-order valence-electron chi connectivity index (χ2n) is 5.42. The normalized spacial score (nSPS) is 28.0. The van der Waals surface area contributed by atoms with Crippen molar-refractivity contribution in [3.8, 4) is 0 Å². The third-order valence-corrected chi connectivity index (χ3v) is 4.11. The number of likely N-dealkylation sites (tertiary alicyclic amines) is 1. The van der Waals surface area contributed by atoms with Gasteiger partial charge in [0.2, 0.25) is 0 Å². The number of nitrogens with zero attached hydrogens (tertiary/aromatic N) is 1. The van der Waals surface area contributed by atoms with Gasteiger partial charge in [-0.25, -0.2) is 0 Å². The molecule has 0 bridgehead atoms. The topological polar surface area (TPSA) is 15.8 Å². The Hall–Kier alpha value is -1.12. The highest BCUT2D eigenvalue weighted by atomic mass is 16.6. The first-order chi connectivity index (χ1) is 8.81. The van der Waals surface area contributed by atoms with Crippen molar-refractivity contribution in [2.75, 3.05) is 26.2 Å². The zero-order chi connectivity index (χ0) is 12.4. The fourth-order valence-corrected chi connectivity index (χ4v) is 2.87. The lowest BCUT2D eigenvalue weighted by molar-refractivity contribution is 0.231. The van der Waals surface area contributed by atoms with Gasteiger partial charge in [-0.1, -0.05) is 43.3 Å². The van der Waals surface area contributed by atoms with Gasteiger partial charge in [-0.05, 0) is 37.1 Å². The van der Waals surface area contributed by atoms with Crippen LogP contribution in [0.25, 0.3) is 0 Å². The quantitative estimate of drug-likeness (QED) is 0.597. The SMILES string of the molecule is C=C(CN1CCCCC1)C1(c2ccccc2)CO1. The highest BCUT2D eigenvalue weighted by Crippen LogP contribution is 2.44. The fourth-order valence-electron chi connectivity index (χ4n) is 2.87. The first kappa shape index (κ1) is 11.9. The lowest BCUT2D eigenvalue weighted by Crippen LogP contribution is -2.34. The molecule has 2 nitrogen and oxygen atoms in total. The van der Waals surface area contributed by atoms with Crippen molar-refractivity contribution in [3.05, 3.63) is 48.0 Å². The van der Waals surface area contributed by atoms with E-state index in [9.17, 15) is 0 Å². The van der Waals surface area contributed by atoms with Gasteiger partial charge in [0, 0.05) is 6.54 Å². The summed E-state index contributed by atoms with van der Waals surface area (Å²) in [5, 5.41) is 0. The minimum absolute atomic E-state index is 0.182. The van der Waals surface area contributed by atoms with Gasteiger partial charge in [0.1, 0.15) is 5.60 Å². The van der Waals surface area contributed by atoms with Crippen LogP contribution in [0, 0.1) is 0 Å². The minimum atomic E-state index is -0.182. The number of rotatable bonds is 4. The van der Waals surface area contributed by atoms with Crippen LogP contribution in [0.15, 0.2) is 42.5 Å². The summed E-state index contributed by atoms with van der Waals surface area (Å²) in [6, 6.07) is 10.5. The van der Waals surface area contributed by atoms with E-state index in [1.807, 2.05) is 6.07 Å². The van der Waals surface area contributed by atoms with Crippen molar-refractivity contribution >= 4 is 0 Å². The van der Waals surface area contributed by atoms with Crippen molar-refractivity contribution in [1.82, 2.24) is 4.90 Å². The third kappa shape index (κ3) is 2.23. The van der Waals surface area contributed by atoms with Gasteiger partial charge in [-0.3, -0.25) is 4.90 Å². The van der Waals surface area contributed by atoms with Gasteiger partial charge < -0.3 is 4.74 Å². The maximum absolute atomic E-state index is 5.76. The van der Waals surface area contributed by atoms with E-state index < -0.39 is 0 Å². The van der Waals surface area contributed by atoms with E-state index in [-0.39, 0.29) is 5.60 Å². The van der Waals surface area contributed by atoms with E-state index in [1.165, 1.54) is 43.5 Å². The average molecular weight is 243 g/mol. The molecule has 0 aromatic heterocycles. The second kappa shape index (κ2) is 4.87. The number of epoxide rings is 1. The number of piperidine rings is 1. The first-order valence-electron chi connectivity index (χ1n) is 6.91. The van der Waals surface area contributed by atoms with Gasteiger partial charge >= 0.3 is 0 Å². The Labute approximate surface area is 109 Å². The summed E-state index contributed by atoms with van der Waals surface area (Å²) in [6.45, 7) is 8.49. The molecule has 2 saturated heterocycles. The molecular weight excluding hydrogens is 222 g/mol. The highest BCUT2D eigenvalue weighted by Gasteiger charge is 2.49. The van der Waals surface area contributed by atoms with Crippen LogP contribution < -0.4 is 0 Å². The predicted molar refractivity (Wildman–Crippen MR) is 73.5 cm³/mol. The Morgan fingerprint density at radius 2 is 1.83 bits per heavy atom. The summed E-state index contributed by atoms with van der Waals surface area (Å²) in [5.41, 5.74) is 2.29. The van der Waals surface area contributed by atoms with Gasteiger partial charge in [0.05, 0.1) is 6.61 Å². The van der Waals surface area contributed by atoms with E-state index in [4.69, 9.17) is 4.74 Å². The Morgan fingerprint density at radius 3 is 2.44 bits per heavy atom. The number of hydrogen-bond donors (Lipinski definition) is 0. The summed E-state index contributed by atoms with van der Waals surface area (Å²) in [6.07, 6.45) is 4.03. The standard InChI is InChI=1S/C16H21NO/c1-14(12-17-10-6-3-7-11-17)16(13-18-16)15-8-4-2-5-9-15/h2,4-5,8-9H,1,3,6-7,10-13H2. The molecule has 2 heteroatoms. The van der Waals surface area contributed by atoms with Crippen LogP contribution in [-0.2, 0) is 10.3 Å². The van der Waals surface area contributed by atoms with Crippen LogP contribution in [0.3, 0.4) is 0 Å². The van der Waals surface area contributed by atoms with Crippen molar-refractivity contribution in [1.29, 1.82) is 0 Å². The lowest BCUT2D eigenvalue weighted by Gasteiger charge is -2.29. The fraction of sp³-hybridized carbons (Fsp3) is 0.500. The molecule has 0 aliphatic carbocycles. The summed E-state index contributed by atoms with van der Waals surface area (Å²) >= 11 is 0. The van der Waals surface area contributed by atoms with Gasteiger partial charge in [-0.15, -0.1) is 0 Å². The molecule has 2 heterocycles. The zero-order valence-corrected chi connectivity index (χ0v) is 10.9. The van der Waals surface area contributed by atoms with E-state index in [1.54, 1.807) is 0 Å². The summed E-state index contributed by atoms with van der Waals surface area (Å²) in [5.74, 6) is 0. The molecule has 1 unspecified atom stereocenters. The lowest BCUT2D eigenvalue weighted by atomic mass is 9.92. The van der Waals surface area contributed by atoms with Crippen molar-refractivity contribution in [3.63, 3.8) is 0 Å². The summed E-state index contributed by atoms with van der Waals surface area (Å²) in [7, 11) is 0. The number of benzene rings is 1. The molecule has 96 valence electrons.